The van der Waals surface area contributed by atoms with Crippen molar-refractivity contribution in [1.82, 2.24) is 0 Å². The zero-order chi connectivity index (χ0) is 19.7. The molecule has 0 saturated heterocycles. The molecule has 26 heavy (non-hydrogen) atoms. The van der Waals surface area contributed by atoms with E-state index >= 15 is 0 Å². The minimum absolute atomic E-state index is 0.215. The van der Waals surface area contributed by atoms with Gasteiger partial charge in [-0.1, -0.05) is 31.4 Å². The molecule has 9 heteroatoms. The van der Waals surface area contributed by atoms with Crippen LogP contribution in [0.15, 0.2) is 48.1 Å². The molecule has 0 bridgehead atoms. The second-order valence-corrected chi connectivity index (χ2v) is 6.73. The van der Waals surface area contributed by atoms with Crippen molar-refractivity contribution in [3.05, 3.63) is 66.1 Å². The van der Waals surface area contributed by atoms with Gasteiger partial charge in [0.05, 0.1) is 11.8 Å². The number of ketones is 1. The molecule has 1 aromatic carbocycles. The smallest absolute Gasteiger partial charge is 0.460 e. The summed E-state index contributed by atoms with van der Waals surface area (Å²) in [6, 6.07) is 4.64. The Hall–Kier alpha value is -2.81. The van der Waals surface area contributed by atoms with Gasteiger partial charge in [-0.3, -0.25) is 4.79 Å². The average molecular weight is 386 g/mol. The highest BCUT2D eigenvalue weighted by molar-refractivity contribution is 7.88. The van der Waals surface area contributed by atoms with Crippen molar-refractivity contribution in [3.63, 3.8) is 0 Å². The molecule has 0 radical (unpaired) electrons. The minimum Gasteiger partial charge on any atom is -0.460 e. The van der Waals surface area contributed by atoms with E-state index in [1.807, 2.05) is 0 Å². The number of halogens is 3. The molecule has 0 saturated carbocycles. The summed E-state index contributed by atoms with van der Waals surface area (Å²) >= 11 is 0. The van der Waals surface area contributed by atoms with Crippen LogP contribution in [0.5, 0.6) is 5.75 Å². The Morgan fingerprint density at radius 2 is 1.88 bits per heavy atom. The number of rotatable bonds is 6. The van der Waals surface area contributed by atoms with E-state index in [2.05, 4.69) is 17.3 Å². The zero-order valence-electron chi connectivity index (χ0n) is 13.5. The topological polar surface area (TPSA) is 73.6 Å². The van der Waals surface area contributed by atoms with Gasteiger partial charge in [0, 0.05) is 11.1 Å². The third-order valence-electron chi connectivity index (χ3n) is 3.29. The molecule has 0 fully saturated rings. The van der Waals surface area contributed by atoms with Crippen LogP contribution in [0.3, 0.4) is 0 Å². The largest absolute Gasteiger partial charge is 0.534 e. The van der Waals surface area contributed by atoms with Crippen LogP contribution in [0, 0.1) is 0 Å². The first-order chi connectivity index (χ1) is 12.0. The maximum Gasteiger partial charge on any atom is 0.534 e. The highest BCUT2D eigenvalue weighted by Crippen LogP contribution is 2.32. The number of hydrogen-bond donors (Lipinski definition) is 0. The highest BCUT2D eigenvalue weighted by atomic mass is 32.2. The van der Waals surface area contributed by atoms with Crippen molar-refractivity contribution in [1.29, 1.82) is 0 Å². The Morgan fingerprint density at radius 1 is 1.27 bits per heavy atom. The monoisotopic (exact) mass is 386 g/mol. The van der Waals surface area contributed by atoms with Gasteiger partial charge in [-0.15, -0.1) is 0 Å². The quantitative estimate of drug-likeness (QED) is 0.418. The standard InChI is InChI=1S/C17H13F3O5S/c1-4-11-9-24-16(14(11)10(2)3)15(21)12-7-5-6-8-13(12)25-26(22,23)17(18,19)20/h4-9H,1-2H2,3H3. The fraction of sp³-hybridized carbons (Fsp3) is 0.118. The highest BCUT2D eigenvalue weighted by Gasteiger charge is 2.49. The second-order valence-electron chi connectivity index (χ2n) is 5.19. The van der Waals surface area contributed by atoms with E-state index in [1.165, 1.54) is 24.5 Å². The molecule has 0 aliphatic rings. The summed E-state index contributed by atoms with van der Waals surface area (Å²) in [5, 5.41) is 0. The Kier molecular flexibility index (Phi) is 5.13. The van der Waals surface area contributed by atoms with Gasteiger partial charge in [-0.2, -0.15) is 21.6 Å². The van der Waals surface area contributed by atoms with Crippen LogP contribution in [0.2, 0.25) is 0 Å². The Labute approximate surface area is 147 Å². The van der Waals surface area contributed by atoms with Crippen LogP contribution in [0.25, 0.3) is 11.6 Å². The molecule has 0 N–H and O–H groups in total. The van der Waals surface area contributed by atoms with Crippen molar-refractivity contribution in [2.75, 3.05) is 0 Å². The number of carbonyl (C=O) groups excluding carboxylic acids is 1. The zero-order valence-corrected chi connectivity index (χ0v) is 14.3. The molecule has 0 aliphatic carbocycles. The molecule has 5 nitrogen and oxygen atoms in total. The fourth-order valence-electron chi connectivity index (χ4n) is 2.14. The molecule has 2 rings (SSSR count). The molecule has 2 aromatic rings. The first-order valence-corrected chi connectivity index (χ1v) is 8.44. The van der Waals surface area contributed by atoms with Gasteiger partial charge >= 0.3 is 15.6 Å². The number of benzene rings is 1. The lowest BCUT2D eigenvalue weighted by Crippen LogP contribution is -2.28. The summed E-state index contributed by atoms with van der Waals surface area (Å²) in [5.41, 5.74) is -4.81. The summed E-state index contributed by atoms with van der Waals surface area (Å²) in [4.78, 5) is 12.7. The Bertz CT molecular complexity index is 984. The van der Waals surface area contributed by atoms with Gasteiger partial charge in [0.15, 0.2) is 11.5 Å². The maximum atomic E-state index is 12.7. The summed E-state index contributed by atoms with van der Waals surface area (Å²) < 4.78 is 69.5. The van der Waals surface area contributed by atoms with Gasteiger partial charge in [0.25, 0.3) is 0 Å². The van der Waals surface area contributed by atoms with E-state index in [-0.39, 0.29) is 5.76 Å². The van der Waals surface area contributed by atoms with Crippen molar-refractivity contribution in [3.8, 4) is 5.75 Å². The molecule has 1 aromatic heterocycles. The predicted molar refractivity (Wildman–Crippen MR) is 89.0 cm³/mol. The normalized spacial score (nSPS) is 11.8. The Morgan fingerprint density at radius 3 is 2.42 bits per heavy atom. The first kappa shape index (κ1) is 19.5. The average Bonchev–Trinajstić information content (AvgIpc) is 2.97. The number of carbonyl (C=O) groups is 1. The van der Waals surface area contributed by atoms with E-state index in [1.54, 1.807) is 6.92 Å². The molecule has 0 aliphatic heterocycles. The number of para-hydroxylation sites is 1. The molecule has 0 atom stereocenters. The summed E-state index contributed by atoms with van der Waals surface area (Å²) in [6.45, 7) is 8.89. The first-order valence-electron chi connectivity index (χ1n) is 7.04. The van der Waals surface area contributed by atoms with Crippen LogP contribution in [0.1, 0.15) is 34.2 Å². The number of allylic oxidation sites excluding steroid dienone is 1. The maximum absolute atomic E-state index is 12.7. The number of hydrogen-bond acceptors (Lipinski definition) is 5. The molecule has 0 amide bonds. The Balaban J connectivity index is 2.55. The van der Waals surface area contributed by atoms with E-state index in [0.717, 1.165) is 12.1 Å². The van der Waals surface area contributed by atoms with Crippen LogP contribution >= 0.6 is 0 Å². The van der Waals surface area contributed by atoms with Gasteiger partial charge in [-0.05, 0) is 24.6 Å². The van der Waals surface area contributed by atoms with Gasteiger partial charge in [0.1, 0.15) is 0 Å². The third kappa shape index (κ3) is 3.57. The van der Waals surface area contributed by atoms with E-state index in [4.69, 9.17) is 4.42 Å². The van der Waals surface area contributed by atoms with Crippen LogP contribution in [-0.4, -0.2) is 19.7 Å². The molecular weight excluding hydrogens is 373 g/mol. The van der Waals surface area contributed by atoms with Crippen molar-refractivity contribution in [2.45, 2.75) is 12.4 Å². The number of furan rings is 1. The van der Waals surface area contributed by atoms with E-state index in [9.17, 15) is 26.4 Å². The SMILES string of the molecule is C=Cc1coc(C(=O)c2ccccc2OS(=O)(=O)C(F)(F)F)c1C(=C)C. The van der Waals surface area contributed by atoms with Gasteiger partial charge in [-0.25, -0.2) is 0 Å². The fourth-order valence-corrected chi connectivity index (χ4v) is 2.62. The minimum atomic E-state index is -5.93. The van der Waals surface area contributed by atoms with Crippen molar-refractivity contribution < 1.29 is 35.0 Å². The summed E-state index contributed by atoms with van der Waals surface area (Å²) in [5.74, 6) is -1.84. The molecule has 0 spiro atoms. The predicted octanol–water partition coefficient (Wildman–Crippen LogP) is 4.42. The lowest BCUT2D eigenvalue weighted by Gasteiger charge is -2.12. The molecule has 0 unspecified atom stereocenters. The van der Waals surface area contributed by atoms with Gasteiger partial charge < -0.3 is 8.60 Å². The van der Waals surface area contributed by atoms with Crippen molar-refractivity contribution in [2.24, 2.45) is 0 Å². The summed E-state index contributed by atoms with van der Waals surface area (Å²) in [6.07, 6.45) is 2.65. The van der Waals surface area contributed by atoms with Crippen LogP contribution < -0.4 is 4.18 Å². The van der Waals surface area contributed by atoms with Crippen molar-refractivity contribution >= 4 is 27.6 Å². The molecule has 138 valence electrons. The molecule has 1 heterocycles. The number of alkyl halides is 3. The molecular formula is C17H13F3O5S. The van der Waals surface area contributed by atoms with Crippen LogP contribution in [-0.2, 0) is 10.1 Å². The third-order valence-corrected chi connectivity index (χ3v) is 4.25. The lowest BCUT2D eigenvalue weighted by atomic mass is 9.99. The summed E-state index contributed by atoms with van der Waals surface area (Å²) in [7, 11) is -5.93. The van der Waals surface area contributed by atoms with E-state index in [0.29, 0.717) is 16.7 Å². The second kappa shape index (κ2) is 6.83. The van der Waals surface area contributed by atoms with Crippen LogP contribution in [0.4, 0.5) is 13.2 Å². The van der Waals surface area contributed by atoms with Gasteiger partial charge in [0.2, 0.25) is 5.78 Å². The lowest BCUT2D eigenvalue weighted by molar-refractivity contribution is -0.0500. The van der Waals surface area contributed by atoms with E-state index < -0.39 is 32.7 Å².